The molecular weight excluding hydrogens is 226 g/mol. The molecule has 18 heavy (non-hydrogen) atoms. The first-order chi connectivity index (χ1) is 8.72. The maximum atomic E-state index is 12.0. The van der Waals surface area contributed by atoms with Gasteiger partial charge in [0.05, 0.1) is 0 Å². The third-order valence-electron chi connectivity index (χ3n) is 3.92. The molecule has 2 heterocycles. The second-order valence-corrected chi connectivity index (χ2v) is 5.22. The first-order valence-electron chi connectivity index (χ1n) is 6.85. The van der Waals surface area contributed by atoms with E-state index in [0.717, 1.165) is 29.9 Å². The standard InChI is InChI=1S/C14H19N3O/c1-3-9(4-2)14-15-12-7-11(10-5-6-10)8-13(18)17(12)16-14/h7-10H,3-6H2,1-2H3,(H,15,16). The number of hydrogen-bond donors (Lipinski definition) is 1. The van der Waals surface area contributed by atoms with Crippen LogP contribution in [0.2, 0.25) is 0 Å². The smallest absolute Gasteiger partial charge is 0.271 e. The summed E-state index contributed by atoms with van der Waals surface area (Å²) in [5.41, 5.74) is 1.94. The number of aromatic amines is 1. The van der Waals surface area contributed by atoms with Gasteiger partial charge in [0.1, 0.15) is 5.82 Å². The Kier molecular flexibility index (Phi) is 2.73. The summed E-state index contributed by atoms with van der Waals surface area (Å²) in [6, 6.07) is 3.81. The minimum atomic E-state index is 0.0131. The number of pyridine rings is 1. The summed E-state index contributed by atoms with van der Waals surface area (Å²) in [5, 5.41) is 3.15. The van der Waals surface area contributed by atoms with E-state index in [1.165, 1.54) is 12.8 Å². The highest BCUT2D eigenvalue weighted by molar-refractivity contribution is 5.43. The largest absolute Gasteiger partial charge is 0.276 e. The summed E-state index contributed by atoms with van der Waals surface area (Å²) >= 11 is 0. The Hall–Kier alpha value is -1.58. The van der Waals surface area contributed by atoms with Crippen molar-refractivity contribution in [2.24, 2.45) is 0 Å². The lowest BCUT2D eigenvalue weighted by Crippen LogP contribution is -2.13. The molecule has 0 saturated heterocycles. The number of nitrogens with zero attached hydrogens (tertiary/aromatic N) is 2. The Morgan fingerprint density at radius 2 is 2.11 bits per heavy atom. The van der Waals surface area contributed by atoms with Crippen LogP contribution < -0.4 is 5.56 Å². The molecule has 3 rings (SSSR count). The molecule has 0 radical (unpaired) electrons. The van der Waals surface area contributed by atoms with Gasteiger partial charge in [-0.1, -0.05) is 13.8 Å². The Morgan fingerprint density at radius 1 is 1.39 bits per heavy atom. The highest BCUT2D eigenvalue weighted by atomic mass is 16.1. The molecule has 1 aliphatic carbocycles. The Balaban J connectivity index is 2.10. The van der Waals surface area contributed by atoms with Crippen LogP contribution in [0.3, 0.4) is 0 Å². The third kappa shape index (κ3) is 1.85. The van der Waals surface area contributed by atoms with Crippen LogP contribution in [0.25, 0.3) is 5.65 Å². The predicted molar refractivity (Wildman–Crippen MR) is 71.1 cm³/mol. The maximum Gasteiger partial charge on any atom is 0.271 e. The number of rotatable bonds is 4. The topological polar surface area (TPSA) is 50.2 Å². The molecular formula is C14H19N3O. The van der Waals surface area contributed by atoms with Crippen molar-refractivity contribution >= 4 is 5.65 Å². The summed E-state index contributed by atoms with van der Waals surface area (Å²) in [7, 11) is 0. The molecule has 1 N–H and O–H groups in total. The summed E-state index contributed by atoms with van der Waals surface area (Å²) in [6.07, 6.45) is 4.50. The maximum absolute atomic E-state index is 12.0. The molecule has 4 nitrogen and oxygen atoms in total. The Morgan fingerprint density at radius 3 is 2.72 bits per heavy atom. The van der Waals surface area contributed by atoms with Crippen molar-refractivity contribution < 1.29 is 0 Å². The van der Waals surface area contributed by atoms with Crippen molar-refractivity contribution in [3.05, 3.63) is 33.9 Å². The molecule has 1 fully saturated rings. The van der Waals surface area contributed by atoms with E-state index >= 15 is 0 Å². The molecule has 2 aromatic rings. The lowest BCUT2D eigenvalue weighted by atomic mass is 10.0. The lowest BCUT2D eigenvalue weighted by molar-refractivity contribution is 0.600. The first kappa shape index (κ1) is 11.5. The van der Waals surface area contributed by atoms with Crippen molar-refractivity contribution in [1.82, 2.24) is 14.6 Å². The van der Waals surface area contributed by atoms with Crippen molar-refractivity contribution in [1.29, 1.82) is 0 Å². The van der Waals surface area contributed by atoms with E-state index in [1.54, 1.807) is 10.6 Å². The molecule has 0 spiro atoms. The minimum Gasteiger partial charge on any atom is -0.276 e. The molecule has 4 heteroatoms. The highest BCUT2D eigenvalue weighted by Crippen LogP contribution is 2.39. The van der Waals surface area contributed by atoms with Crippen LogP contribution in [0, 0.1) is 0 Å². The van der Waals surface area contributed by atoms with Gasteiger partial charge in [-0.15, -0.1) is 0 Å². The zero-order valence-corrected chi connectivity index (χ0v) is 10.9. The van der Waals surface area contributed by atoms with Crippen LogP contribution in [0.5, 0.6) is 0 Å². The summed E-state index contributed by atoms with van der Waals surface area (Å²) in [6.45, 7) is 4.31. The van der Waals surface area contributed by atoms with Crippen LogP contribution in [0.1, 0.15) is 62.8 Å². The van der Waals surface area contributed by atoms with Gasteiger partial charge in [0.15, 0.2) is 5.65 Å². The van der Waals surface area contributed by atoms with Gasteiger partial charge < -0.3 is 0 Å². The fraction of sp³-hybridized carbons (Fsp3) is 0.571. The molecule has 0 atom stereocenters. The van der Waals surface area contributed by atoms with Crippen LogP contribution in [-0.2, 0) is 0 Å². The molecule has 1 aliphatic rings. The van der Waals surface area contributed by atoms with Gasteiger partial charge in [-0.25, -0.2) is 9.50 Å². The average Bonchev–Trinajstić information content (AvgIpc) is 3.12. The van der Waals surface area contributed by atoms with Crippen molar-refractivity contribution in [2.75, 3.05) is 0 Å². The van der Waals surface area contributed by atoms with Gasteiger partial charge in [-0.05, 0) is 43.2 Å². The van der Waals surface area contributed by atoms with Gasteiger partial charge in [-0.2, -0.15) is 0 Å². The minimum absolute atomic E-state index is 0.0131. The van der Waals surface area contributed by atoms with E-state index in [4.69, 9.17) is 0 Å². The van der Waals surface area contributed by atoms with E-state index in [9.17, 15) is 4.79 Å². The van der Waals surface area contributed by atoms with Crippen LogP contribution >= 0.6 is 0 Å². The molecule has 0 aromatic carbocycles. The second-order valence-electron chi connectivity index (χ2n) is 5.22. The van der Waals surface area contributed by atoms with Crippen LogP contribution in [-0.4, -0.2) is 14.6 Å². The lowest BCUT2D eigenvalue weighted by Gasteiger charge is -2.06. The average molecular weight is 245 g/mol. The van der Waals surface area contributed by atoms with E-state index in [2.05, 4.69) is 30.0 Å². The summed E-state index contributed by atoms with van der Waals surface area (Å²) < 4.78 is 1.57. The van der Waals surface area contributed by atoms with Gasteiger partial charge in [-0.3, -0.25) is 9.89 Å². The zero-order chi connectivity index (χ0) is 12.7. The highest BCUT2D eigenvalue weighted by Gasteiger charge is 2.25. The number of aromatic nitrogens is 3. The Bertz CT molecular complexity index is 617. The zero-order valence-electron chi connectivity index (χ0n) is 10.9. The van der Waals surface area contributed by atoms with Crippen molar-refractivity contribution in [3.8, 4) is 0 Å². The number of H-pyrrole nitrogens is 1. The SMILES string of the molecule is CCC(CC)c1nc2cc(C3CC3)cc(=O)n2[nH]1. The van der Waals surface area contributed by atoms with Gasteiger partial charge >= 0.3 is 0 Å². The van der Waals surface area contributed by atoms with Crippen LogP contribution in [0.4, 0.5) is 0 Å². The van der Waals surface area contributed by atoms with E-state index in [1.807, 2.05) is 0 Å². The number of nitrogens with one attached hydrogen (secondary N) is 1. The first-order valence-corrected chi connectivity index (χ1v) is 6.85. The molecule has 0 aliphatic heterocycles. The normalized spacial score (nSPS) is 15.7. The molecule has 0 bridgehead atoms. The molecule has 2 aromatic heterocycles. The Labute approximate surface area is 106 Å². The number of hydrogen-bond acceptors (Lipinski definition) is 2. The monoisotopic (exact) mass is 245 g/mol. The quantitative estimate of drug-likeness (QED) is 0.900. The predicted octanol–water partition coefficient (Wildman–Crippen LogP) is 2.80. The fourth-order valence-electron chi connectivity index (χ4n) is 2.54. The summed E-state index contributed by atoms with van der Waals surface area (Å²) in [4.78, 5) is 16.6. The van der Waals surface area contributed by atoms with E-state index in [0.29, 0.717) is 11.8 Å². The fourth-order valence-corrected chi connectivity index (χ4v) is 2.54. The molecule has 1 saturated carbocycles. The molecule has 96 valence electrons. The van der Waals surface area contributed by atoms with E-state index in [-0.39, 0.29) is 5.56 Å². The van der Waals surface area contributed by atoms with E-state index < -0.39 is 0 Å². The molecule has 0 unspecified atom stereocenters. The van der Waals surface area contributed by atoms with Gasteiger partial charge in [0.25, 0.3) is 5.56 Å². The van der Waals surface area contributed by atoms with Gasteiger partial charge in [0, 0.05) is 12.0 Å². The number of fused-ring (bicyclic) bond motifs is 1. The van der Waals surface area contributed by atoms with Crippen LogP contribution in [0.15, 0.2) is 16.9 Å². The van der Waals surface area contributed by atoms with Crippen molar-refractivity contribution in [3.63, 3.8) is 0 Å². The van der Waals surface area contributed by atoms with Gasteiger partial charge in [0.2, 0.25) is 0 Å². The second kappa shape index (κ2) is 4.26. The van der Waals surface area contributed by atoms with Crippen molar-refractivity contribution in [2.45, 2.75) is 51.4 Å². The molecule has 0 amide bonds. The summed E-state index contributed by atoms with van der Waals surface area (Å²) in [5.74, 6) is 1.94. The third-order valence-corrected chi connectivity index (χ3v) is 3.92.